The summed E-state index contributed by atoms with van der Waals surface area (Å²) in [6.45, 7) is 1.84. The van der Waals surface area contributed by atoms with Crippen LogP contribution in [0.15, 0.2) is 70.9 Å². The van der Waals surface area contributed by atoms with Crippen molar-refractivity contribution in [3.05, 3.63) is 82.0 Å². The maximum absolute atomic E-state index is 13.3. The van der Waals surface area contributed by atoms with Crippen molar-refractivity contribution in [2.24, 2.45) is 0 Å². The Kier molecular flexibility index (Phi) is 6.16. The minimum atomic E-state index is -3.70. The van der Waals surface area contributed by atoms with E-state index < -0.39 is 15.1 Å². The van der Waals surface area contributed by atoms with E-state index in [2.05, 4.69) is 5.32 Å². The van der Waals surface area contributed by atoms with E-state index in [1.807, 2.05) is 24.4 Å². The molecule has 0 aliphatic rings. The van der Waals surface area contributed by atoms with Gasteiger partial charge in [-0.05, 0) is 54.3 Å². The number of amides is 1. The summed E-state index contributed by atoms with van der Waals surface area (Å²) in [5, 5.41) is 3.75. The number of methoxy groups -OCH3 is 1. The van der Waals surface area contributed by atoms with Gasteiger partial charge in [-0.3, -0.25) is 4.79 Å². The van der Waals surface area contributed by atoms with Crippen LogP contribution in [0.5, 0.6) is 5.75 Å². The Morgan fingerprint density at radius 3 is 2.39 bits per heavy atom. The molecule has 0 saturated carbocycles. The predicted molar refractivity (Wildman–Crippen MR) is 111 cm³/mol. The van der Waals surface area contributed by atoms with E-state index in [-0.39, 0.29) is 17.3 Å². The third-order valence-electron chi connectivity index (χ3n) is 4.46. The second kappa shape index (κ2) is 8.58. The molecular formula is C21H21NO4S2. The van der Waals surface area contributed by atoms with Crippen molar-refractivity contribution in [3.63, 3.8) is 0 Å². The van der Waals surface area contributed by atoms with Gasteiger partial charge >= 0.3 is 0 Å². The molecule has 28 heavy (non-hydrogen) atoms. The van der Waals surface area contributed by atoms with E-state index in [1.165, 1.54) is 30.6 Å². The Labute approximate surface area is 168 Å². The maximum atomic E-state index is 13.3. The lowest BCUT2D eigenvalue weighted by molar-refractivity contribution is 0.0953. The van der Waals surface area contributed by atoms with E-state index in [1.54, 1.807) is 36.4 Å². The van der Waals surface area contributed by atoms with Crippen LogP contribution in [0, 0.1) is 6.92 Å². The van der Waals surface area contributed by atoms with Gasteiger partial charge < -0.3 is 10.1 Å². The van der Waals surface area contributed by atoms with Gasteiger partial charge in [-0.1, -0.05) is 24.3 Å². The summed E-state index contributed by atoms with van der Waals surface area (Å²) in [7, 11) is -2.17. The van der Waals surface area contributed by atoms with E-state index in [4.69, 9.17) is 4.74 Å². The van der Waals surface area contributed by atoms with Crippen LogP contribution in [-0.2, 0) is 9.84 Å². The van der Waals surface area contributed by atoms with E-state index in [0.717, 1.165) is 5.56 Å². The molecule has 1 atom stereocenters. The van der Waals surface area contributed by atoms with E-state index >= 15 is 0 Å². The van der Waals surface area contributed by atoms with Crippen LogP contribution >= 0.6 is 11.3 Å². The molecule has 2 aromatic carbocycles. The Bertz CT molecular complexity index is 1040. The highest BCUT2D eigenvalue weighted by Gasteiger charge is 2.30. The highest BCUT2D eigenvalue weighted by molar-refractivity contribution is 7.91. The van der Waals surface area contributed by atoms with Gasteiger partial charge in [0.15, 0.2) is 9.84 Å². The number of carbonyl (C=O) groups excluding carboxylic acids is 1. The Balaban J connectivity index is 1.87. The first-order chi connectivity index (χ1) is 13.4. The van der Waals surface area contributed by atoms with Gasteiger partial charge in [0.25, 0.3) is 5.91 Å². The molecule has 0 unspecified atom stereocenters. The van der Waals surface area contributed by atoms with Crippen molar-refractivity contribution in [1.29, 1.82) is 0 Å². The molecule has 1 aromatic heterocycles. The zero-order chi connectivity index (χ0) is 20.1. The molecular weight excluding hydrogens is 394 g/mol. The molecule has 1 heterocycles. The number of hydrogen-bond acceptors (Lipinski definition) is 5. The van der Waals surface area contributed by atoms with Crippen LogP contribution in [-0.4, -0.2) is 28.0 Å². The number of rotatable bonds is 7. The van der Waals surface area contributed by atoms with Crippen LogP contribution in [0.4, 0.5) is 0 Å². The smallest absolute Gasteiger partial charge is 0.251 e. The highest BCUT2D eigenvalue weighted by atomic mass is 32.2. The van der Waals surface area contributed by atoms with Gasteiger partial charge in [0.2, 0.25) is 0 Å². The normalized spacial score (nSPS) is 12.4. The fourth-order valence-corrected chi connectivity index (χ4v) is 5.66. The van der Waals surface area contributed by atoms with Gasteiger partial charge in [0, 0.05) is 17.0 Å². The summed E-state index contributed by atoms with van der Waals surface area (Å²) in [6, 6.07) is 17.1. The Morgan fingerprint density at radius 1 is 1.07 bits per heavy atom. The lowest BCUT2D eigenvalue weighted by atomic mass is 10.1. The van der Waals surface area contributed by atoms with Crippen LogP contribution in [0.1, 0.15) is 26.0 Å². The molecule has 146 valence electrons. The SMILES string of the molecule is COc1ccc(S(=O)(=O)[C@H](CNC(=O)c2ccccc2C)c2cccs2)cc1. The summed E-state index contributed by atoms with van der Waals surface area (Å²) < 4.78 is 31.6. The summed E-state index contributed by atoms with van der Waals surface area (Å²) in [6.07, 6.45) is 0. The monoisotopic (exact) mass is 415 g/mol. The highest BCUT2D eigenvalue weighted by Crippen LogP contribution is 2.32. The predicted octanol–water partition coefficient (Wildman–Crippen LogP) is 4.01. The van der Waals surface area contributed by atoms with Crippen LogP contribution < -0.4 is 10.1 Å². The molecule has 0 spiro atoms. The van der Waals surface area contributed by atoms with Gasteiger partial charge in [-0.25, -0.2) is 8.42 Å². The number of benzene rings is 2. The molecule has 0 fully saturated rings. The van der Waals surface area contributed by atoms with Crippen LogP contribution in [0.2, 0.25) is 0 Å². The molecule has 1 N–H and O–H groups in total. The fraction of sp³-hybridized carbons (Fsp3) is 0.190. The van der Waals surface area contributed by atoms with Crippen molar-refractivity contribution in [3.8, 4) is 5.75 Å². The molecule has 0 aliphatic carbocycles. The number of carbonyl (C=O) groups is 1. The maximum Gasteiger partial charge on any atom is 0.251 e. The van der Waals surface area contributed by atoms with Crippen LogP contribution in [0.3, 0.4) is 0 Å². The molecule has 0 saturated heterocycles. The number of nitrogens with one attached hydrogen (secondary N) is 1. The van der Waals surface area contributed by atoms with E-state index in [0.29, 0.717) is 16.2 Å². The van der Waals surface area contributed by atoms with Crippen molar-refractivity contribution in [2.75, 3.05) is 13.7 Å². The Morgan fingerprint density at radius 2 is 1.79 bits per heavy atom. The first-order valence-electron chi connectivity index (χ1n) is 8.68. The summed E-state index contributed by atoms with van der Waals surface area (Å²) in [4.78, 5) is 13.4. The van der Waals surface area contributed by atoms with Crippen molar-refractivity contribution >= 4 is 27.1 Å². The minimum absolute atomic E-state index is 0.0119. The summed E-state index contributed by atoms with van der Waals surface area (Å²) in [5.41, 5.74) is 1.37. The first-order valence-corrected chi connectivity index (χ1v) is 11.1. The van der Waals surface area contributed by atoms with Gasteiger partial charge in [-0.2, -0.15) is 0 Å². The topological polar surface area (TPSA) is 72.5 Å². The zero-order valence-corrected chi connectivity index (χ0v) is 17.2. The second-order valence-corrected chi connectivity index (χ2v) is 9.36. The average molecular weight is 416 g/mol. The summed E-state index contributed by atoms with van der Waals surface area (Å²) >= 11 is 1.36. The first kappa shape index (κ1) is 20.1. The van der Waals surface area contributed by atoms with Crippen LogP contribution in [0.25, 0.3) is 0 Å². The molecule has 7 heteroatoms. The standard InChI is InChI=1S/C21H21NO4S2/c1-15-6-3-4-7-18(15)21(23)22-14-20(19-8-5-13-27-19)28(24,25)17-11-9-16(26-2)10-12-17/h3-13,20H,14H2,1-2H3,(H,22,23)/t20-/m1/s1. The molecule has 0 bridgehead atoms. The van der Waals surface area contributed by atoms with Gasteiger partial charge in [-0.15, -0.1) is 11.3 Å². The second-order valence-electron chi connectivity index (χ2n) is 6.25. The minimum Gasteiger partial charge on any atom is -0.497 e. The summed E-state index contributed by atoms with van der Waals surface area (Å²) in [5.74, 6) is 0.295. The van der Waals surface area contributed by atoms with Crippen molar-refractivity contribution in [2.45, 2.75) is 17.1 Å². The Hall–Kier alpha value is -2.64. The fourth-order valence-electron chi connectivity index (χ4n) is 2.88. The molecule has 0 aliphatic heterocycles. The number of sulfone groups is 1. The third-order valence-corrected chi connectivity index (χ3v) is 7.69. The third kappa shape index (κ3) is 4.26. The number of ether oxygens (including phenoxy) is 1. The largest absolute Gasteiger partial charge is 0.497 e. The number of hydrogen-bond donors (Lipinski definition) is 1. The van der Waals surface area contributed by atoms with Gasteiger partial charge in [0.1, 0.15) is 11.0 Å². The number of aryl methyl sites for hydroxylation is 1. The van der Waals surface area contributed by atoms with Crippen molar-refractivity contribution < 1.29 is 17.9 Å². The lowest BCUT2D eigenvalue weighted by Crippen LogP contribution is -2.32. The molecule has 5 nitrogen and oxygen atoms in total. The average Bonchev–Trinajstić information content (AvgIpc) is 3.22. The molecule has 3 aromatic rings. The van der Waals surface area contributed by atoms with Crippen molar-refractivity contribution in [1.82, 2.24) is 5.32 Å². The quantitative estimate of drug-likeness (QED) is 0.633. The molecule has 0 radical (unpaired) electrons. The zero-order valence-electron chi connectivity index (χ0n) is 15.6. The van der Waals surface area contributed by atoms with E-state index in [9.17, 15) is 13.2 Å². The molecule has 1 amide bonds. The molecule has 3 rings (SSSR count). The van der Waals surface area contributed by atoms with Gasteiger partial charge in [0.05, 0.1) is 12.0 Å². The lowest BCUT2D eigenvalue weighted by Gasteiger charge is -2.18. The number of thiophene rings is 1.